The second kappa shape index (κ2) is 4.66. The molecule has 0 radical (unpaired) electrons. The molecule has 0 atom stereocenters. The van der Waals surface area contributed by atoms with Crippen molar-refractivity contribution in [3.63, 3.8) is 0 Å². The van der Waals surface area contributed by atoms with E-state index in [1.807, 2.05) is 24.3 Å². The number of nitrogens with one attached hydrogen (secondary N) is 1. The molecule has 0 aliphatic carbocycles. The predicted octanol–water partition coefficient (Wildman–Crippen LogP) is 4.51. The Bertz CT molecular complexity index is 708. The number of thiophene rings is 1. The lowest BCUT2D eigenvalue weighted by atomic mass is 10.2. The Morgan fingerprint density at radius 1 is 1.22 bits per heavy atom. The van der Waals surface area contributed by atoms with Gasteiger partial charge in [-0.25, -0.2) is 9.97 Å². The molecule has 0 aliphatic rings. The number of aryl methyl sites for hydroxylation is 1. The Morgan fingerprint density at radius 2 is 2.06 bits per heavy atom. The van der Waals surface area contributed by atoms with Crippen LogP contribution in [0.15, 0.2) is 40.4 Å². The molecule has 0 saturated heterocycles. The van der Waals surface area contributed by atoms with Crippen LogP contribution in [-0.4, -0.2) is 9.97 Å². The standard InChI is InChI=1S/C13H10BrN3S/c1-8-6-18-13-11(8)12(15-7-16-13)17-10-5-3-2-4-9(10)14/h2-7H,1H3,(H,15,16,17). The van der Waals surface area contributed by atoms with Crippen molar-refractivity contribution in [1.82, 2.24) is 9.97 Å². The molecule has 2 aromatic heterocycles. The molecule has 5 heteroatoms. The molecule has 2 heterocycles. The van der Waals surface area contributed by atoms with Crippen molar-refractivity contribution < 1.29 is 0 Å². The van der Waals surface area contributed by atoms with Crippen molar-refractivity contribution in [2.24, 2.45) is 0 Å². The molecule has 90 valence electrons. The summed E-state index contributed by atoms with van der Waals surface area (Å²) in [5, 5.41) is 6.55. The summed E-state index contributed by atoms with van der Waals surface area (Å²) >= 11 is 5.16. The average Bonchev–Trinajstić information content (AvgIpc) is 2.75. The number of para-hydroxylation sites is 1. The summed E-state index contributed by atoms with van der Waals surface area (Å²) < 4.78 is 1.02. The Labute approximate surface area is 117 Å². The van der Waals surface area contributed by atoms with E-state index in [9.17, 15) is 0 Å². The zero-order chi connectivity index (χ0) is 12.5. The van der Waals surface area contributed by atoms with Crippen molar-refractivity contribution in [3.05, 3.63) is 46.0 Å². The van der Waals surface area contributed by atoms with Gasteiger partial charge in [0.15, 0.2) is 0 Å². The van der Waals surface area contributed by atoms with Crippen LogP contribution in [0.25, 0.3) is 10.2 Å². The van der Waals surface area contributed by atoms with Gasteiger partial charge in [-0.15, -0.1) is 11.3 Å². The van der Waals surface area contributed by atoms with Crippen LogP contribution in [0.4, 0.5) is 11.5 Å². The van der Waals surface area contributed by atoms with Crippen LogP contribution in [0, 0.1) is 6.92 Å². The highest BCUT2D eigenvalue weighted by Crippen LogP contribution is 2.32. The normalized spacial score (nSPS) is 10.8. The quantitative estimate of drug-likeness (QED) is 0.755. The summed E-state index contributed by atoms with van der Waals surface area (Å²) in [6.45, 7) is 2.08. The van der Waals surface area contributed by atoms with E-state index in [1.165, 1.54) is 5.56 Å². The Kier molecular flexibility index (Phi) is 3.01. The van der Waals surface area contributed by atoms with E-state index in [2.05, 4.69) is 43.5 Å². The monoisotopic (exact) mass is 319 g/mol. The molecule has 3 rings (SSSR count). The third kappa shape index (κ3) is 2.00. The fraction of sp³-hybridized carbons (Fsp3) is 0.0769. The van der Waals surface area contributed by atoms with Gasteiger partial charge in [0.05, 0.1) is 11.1 Å². The van der Waals surface area contributed by atoms with Crippen molar-refractivity contribution in [2.75, 3.05) is 5.32 Å². The Hall–Kier alpha value is -1.46. The van der Waals surface area contributed by atoms with Gasteiger partial charge in [0, 0.05) is 4.47 Å². The second-order valence-electron chi connectivity index (χ2n) is 3.93. The predicted molar refractivity (Wildman–Crippen MR) is 79.6 cm³/mol. The number of aromatic nitrogens is 2. The van der Waals surface area contributed by atoms with Crippen LogP contribution in [0.5, 0.6) is 0 Å². The zero-order valence-electron chi connectivity index (χ0n) is 9.64. The number of anilines is 2. The number of rotatable bonds is 2. The lowest BCUT2D eigenvalue weighted by molar-refractivity contribution is 1.22. The van der Waals surface area contributed by atoms with E-state index in [1.54, 1.807) is 17.7 Å². The van der Waals surface area contributed by atoms with Gasteiger partial charge in [0.1, 0.15) is 17.0 Å². The third-order valence-corrected chi connectivity index (χ3v) is 4.38. The van der Waals surface area contributed by atoms with Gasteiger partial charge < -0.3 is 5.32 Å². The maximum absolute atomic E-state index is 4.34. The topological polar surface area (TPSA) is 37.8 Å². The molecular weight excluding hydrogens is 310 g/mol. The third-order valence-electron chi connectivity index (χ3n) is 2.68. The maximum Gasteiger partial charge on any atom is 0.142 e. The smallest absolute Gasteiger partial charge is 0.142 e. The van der Waals surface area contributed by atoms with E-state index in [4.69, 9.17) is 0 Å². The molecule has 0 unspecified atom stereocenters. The van der Waals surface area contributed by atoms with Crippen LogP contribution in [-0.2, 0) is 0 Å². The first-order valence-electron chi connectivity index (χ1n) is 5.46. The van der Waals surface area contributed by atoms with Crippen LogP contribution >= 0.6 is 27.3 Å². The molecular formula is C13H10BrN3S. The molecule has 0 fully saturated rings. The summed E-state index contributed by atoms with van der Waals surface area (Å²) in [4.78, 5) is 9.63. The van der Waals surface area contributed by atoms with Gasteiger partial charge in [0.25, 0.3) is 0 Å². The molecule has 18 heavy (non-hydrogen) atoms. The summed E-state index contributed by atoms with van der Waals surface area (Å²) in [6, 6.07) is 7.99. The van der Waals surface area contributed by atoms with Gasteiger partial charge >= 0.3 is 0 Å². The van der Waals surface area contributed by atoms with Crippen LogP contribution < -0.4 is 5.32 Å². The minimum Gasteiger partial charge on any atom is -0.339 e. The molecule has 0 amide bonds. The molecule has 1 N–H and O–H groups in total. The summed E-state index contributed by atoms with van der Waals surface area (Å²) in [5.41, 5.74) is 2.20. The van der Waals surface area contributed by atoms with Crippen molar-refractivity contribution in [2.45, 2.75) is 6.92 Å². The highest BCUT2D eigenvalue weighted by Gasteiger charge is 2.09. The van der Waals surface area contributed by atoms with Gasteiger partial charge in [-0.1, -0.05) is 12.1 Å². The molecule has 1 aromatic carbocycles. The first-order chi connectivity index (χ1) is 8.75. The highest BCUT2D eigenvalue weighted by molar-refractivity contribution is 9.10. The van der Waals surface area contributed by atoms with Gasteiger partial charge in [0.2, 0.25) is 0 Å². The summed E-state index contributed by atoms with van der Waals surface area (Å²) in [7, 11) is 0. The van der Waals surface area contributed by atoms with E-state index in [0.717, 1.165) is 26.2 Å². The van der Waals surface area contributed by atoms with Gasteiger partial charge in [-0.3, -0.25) is 0 Å². The molecule has 0 saturated carbocycles. The summed E-state index contributed by atoms with van der Waals surface area (Å²) in [6.07, 6.45) is 1.59. The Morgan fingerprint density at radius 3 is 2.89 bits per heavy atom. The largest absolute Gasteiger partial charge is 0.339 e. The van der Waals surface area contributed by atoms with Crippen LogP contribution in [0.3, 0.4) is 0 Å². The zero-order valence-corrected chi connectivity index (χ0v) is 12.0. The second-order valence-corrected chi connectivity index (χ2v) is 5.64. The molecule has 3 aromatic rings. The summed E-state index contributed by atoms with van der Waals surface area (Å²) in [5.74, 6) is 0.852. The average molecular weight is 320 g/mol. The number of halogens is 1. The lowest BCUT2D eigenvalue weighted by Gasteiger charge is -2.08. The molecule has 0 spiro atoms. The Balaban J connectivity index is 2.10. The first-order valence-corrected chi connectivity index (χ1v) is 7.13. The molecule has 0 aliphatic heterocycles. The van der Waals surface area contributed by atoms with Gasteiger partial charge in [-0.2, -0.15) is 0 Å². The van der Waals surface area contributed by atoms with E-state index in [-0.39, 0.29) is 0 Å². The lowest BCUT2D eigenvalue weighted by Crippen LogP contribution is -1.95. The molecule has 3 nitrogen and oxygen atoms in total. The number of nitrogens with zero attached hydrogens (tertiary/aromatic N) is 2. The number of hydrogen-bond donors (Lipinski definition) is 1. The fourth-order valence-corrected chi connectivity index (χ4v) is 3.08. The maximum atomic E-state index is 4.34. The van der Waals surface area contributed by atoms with Crippen LogP contribution in [0.2, 0.25) is 0 Å². The number of benzene rings is 1. The SMILES string of the molecule is Cc1csc2ncnc(Nc3ccccc3Br)c12. The minimum atomic E-state index is 0.852. The van der Waals surface area contributed by atoms with E-state index < -0.39 is 0 Å². The van der Waals surface area contributed by atoms with Gasteiger partial charge in [-0.05, 0) is 45.9 Å². The van der Waals surface area contributed by atoms with Crippen molar-refractivity contribution >= 4 is 49.0 Å². The number of hydrogen-bond acceptors (Lipinski definition) is 4. The first kappa shape index (κ1) is 11.6. The molecule has 0 bridgehead atoms. The van der Waals surface area contributed by atoms with Crippen LogP contribution in [0.1, 0.15) is 5.56 Å². The van der Waals surface area contributed by atoms with Crippen molar-refractivity contribution in [3.8, 4) is 0 Å². The van der Waals surface area contributed by atoms with E-state index in [0.29, 0.717) is 0 Å². The highest BCUT2D eigenvalue weighted by atomic mass is 79.9. The number of fused-ring (bicyclic) bond motifs is 1. The van der Waals surface area contributed by atoms with Crippen molar-refractivity contribution in [1.29, 1.82) is 0 Å². The minimum absolute atomic E-state index is 0.852. The fourth-order valence-electron chi connectivity index (χ4n) is 1.80. The van der Waals surface area contributed by atoms with E-state index >= 15 is 0 Å².